The lowest BCUT2D eigenvalue weighted by Crippen LogP contribution is -2.44. The molecule has 10 rings (SSSR count). The Bertz CT molecular complexity index is 3970. The minimum absolute atomic E-state index is 0.0126. The Morgan fingerprint density at radius 3 is 0.980 bits per heavy atom. The lowest BCUT2D eigenvalue weighted by molar-refractivity contribution is 0.0592. The molecule has 4 heterocycles. The Morgan fingerprint density at radius 1 is 0.446 bits per heavy atom. The summed E-state index contributed by atoms with van der Waals surface area (Å²) in [5.74, 6) is -4.48. The second-order valence-electron chi connectivity index (χ2n) is 21.4. The van der Waals surface area contributed by atoms with Gasteiger partial charge in [0.1, 0.15) is 11.4 Å². The number of Topliss-reactive ketones (excluding diaryl/α,β-unsaturated/α-hetero) is 4. The number of piperazine rings is 2. The predicted octanol–water partition coefficient (Wildman–Crippen LogP) is 12.6. The van der Waals surface area contributed by atoms with E-state index in [0.717, 1.165) is 75.0 Å². The van der Waals surface area contributed by atoms with Crippen molar-refractivity contribution in [3.63, 3.8) is 0 Å². The number of aromatic nitrogens is 2. The zero-order valence-electron chi connectivity index (χ0n) is 55.8. The lowest BCUT2D eigenvalue weighted by Gasteiger charge is -2.31. The quantitative estimate of drug-likeness (QED) is 0.0291. The summed E-state index contributed by atoms with van der Waals surface area (Å²) in [7, 11) is 10.6. The van der Waals surface area contributed by atoms with Crippen LogP contribution in [0.4, 0.5) is 27.8 Å². The van der Waals surface area contributed by atoms with E-state index >= 15 is 0 Å². The van der Waals surface area contributed by atoms with Gasteiger partial charge in [-0.1, -0.05) is 111 Å². The number of thiazole rings is 2. The Kier molecular flexibility index (Phi) is 33.4. The normalized spacial score (nSPS) is 12.7. The third kappa shape index (κ3) is 24.8. The predicted molar refractivity (Wildman–Crippen MR) is 380 cm³/mol. The summed E-state index contributed by atoms with van der Waals surface area (Å²) in [5, 5.41) is 8.22. The highest BCUT2D eigenvalue weighted by Crippen LogP contribution is 2.34. The molecule has 0 saturated carbocycles. The molecule has 1 atom stereocenters. The van der Waals surface area contributed by atoms with Crippen LogP contribution in [0, 0.1) is 10.3 Å². The molecule has 0 amide bonds. The van der Waals surface area contributed by atoms with Crippen LogP contribution in [0.2, 0.25) is 0 Å². The fourth-order valence-electron chi connectivity index (χ4n) is 8.80. The van der Waals surface area contributed by atoms with Crippen LogP contribution in [0.1, 0.15) is 111 Å². The van der Waals surface area contributed by atoms with Crippen LogP contribution in [0.5, 0.6) is 0 Å². The van der Waals surface area contributed by atoms with Gasteiger partial charge in [-0.25, -0.2) is 47.5 Å². The number of nitrogens with zero attached hydrogens (tertiary/aromatic N) is 6. The highest BCUT2D eigenvalue weighted by Gasteiger charge is 2.24. The van der Waals surface area contributed by atoms with Crippen molar-refractivity contribution in [3.05, 3.63) is 211 Å². The van der Waals surface area contributed by atoms with Gasteiger partial charge in [0.05, 0.1) is 74.3 Å². The van der Waals surface area contributed by atoms with Gasteiger partial charge in [0.15, 0.2) is 34.3 Å². The first-order chi connectivity index (χ1) is 48.2. The van der Waals surface area contributed by atoms with E-state index in [-0.39, 0.29) is 49.5 Å². The number of carboxylic acid groups (broad SMARTS) is 1. The molecule has 2 saturated heterocycles. The first-order valence-electron chi connectivity index (χ1n) is 30.2. The monoisotopic (exact) mass is 1560 g/mol. The van der Waals surface area contributed by atoms with Crippen molar-refractivity contribution < 1.29 is 94.3 Å². The molecule has 2 aliphatic rings. The number of ether oxygens (including phenoxy) is 5. The molecular weight excluding hydrogens is 1490 g/mol. The minimum atomic E-state index is -1.72. The first-order valence-corrected chi connectivity index (χ1v) is 33.9. The molecule has 2 aromatic heterocycles. The summed E-state index contributed by atoms with van der Waals surface area (Å²) in [6, 6.07) is 36.7. The molecule has 2 aliphatic heterocycles. The number of benzene rings is 6. The van der Waals surface area contributed by atoms with Gasteiger partial charge in [-0.15, -0.1) is 0 Å². The summed E-state index contributed by atoms with van der Waals surface area (Å²) in [5.41, 5.74) is 5.66. The fourth-order valence-corrected chi connectivity index (χ4v) is 11.1. The number of carbonyl (C=O) groups is 10. The molecule has 8 aromatic rings. The molecule has 1 N–H and O–H groups in total. The summed E-state index contributed by atoms with van der Waals surface area (Å²) in [6.07, 6.45) is 0. The molecule has 534 valence electrons. The van der Waals surface area contributed by atoms with Crippen LogP contribution in [0.25, 0.3) is 22.5 Å². The molecule has 0 spiro atoms. The van der Waals surface area contributed by atoms with Gasteiger partial charge in [0, 0.05) is 85.7 Å². The van der Waals surface area contributed by atoms with E-state index in [2.05, 4.69) is 99.2 Å². The van der Waals surface area contributed by atoms with Gasteiger partial charge in [-0.2, -0.15) is 8.78 Å². The van der Waals surface area contributed by atoms with E-state index < -0.39 is 59.1 Å². The van der Waals surface area contributed by atoms with Crippen molar-refractivity contribution in [2.45, 2.75) is 12.0 Å². The van der Waals surface area contributed by atoms with Gasteiger partial charge >= 0.3 is 35.8 Å². The van der Waals surface area contributed by atoms with Crippen molar-refractivity contribution in [1.29, 1.82) is 0 Å². The highest BCUT2D eigenvalue weighted by atomic mass is 79.9. The number of anilines is 2. The minimum Gasteiger partial charge on any atom is -0.478 e. The number of hydrogen-bond donors (Lipinski definition) is 1. The molecule has 30 heteroatoms. The number of esters is 5. The Hall–Kier alpha value is -9.72. The fraction of sp³-hybridized carbons (Fsp3) is 0.268. The van der Waals surface area contributed by atoms with E-state index in [1.165, 1.54) is 103 Å². The van der Waals surface area contributed by atoms with E-state index in [9.17, 15) is 65.5 Å². The summed E-state index contributed by atoms with van der Waals surface area (Å²) in [6.45, 7) is 7.59. The number of carbonyl (C=O) groups excluding carboxylic acids is 9. The Labute approximate surface area is 604 Å². The smallest absolute Gasteiger partial charge is 0.337 e. The third-order valence-corrected chi connectivity index (χ3v) is 17.4. The zero-order valence-corrected chi connectivity index (χ0v) is 60.6. The molecule has 0 aliphatic carbocycles. The number of likely N-dealkylation sites (N-methyl/N-ethyl adjacent to an activating group) is 2. The van der Waals surface area contributed by atoms with Gasteiger partial charge in [-0.05, 0) is 110 Å². The highest BCUT2D eigenvalue weighted by molar-refractivity contribution is 9.10. The number of ketones is 4. The summed E-state index contributed by atoms with van der Waals surface area (Å²) < 4.78 is 75.7. The Balaban J connectivity index is 0.000000222. The van der Waals surface area contributed by atoms with Crippen molar-refractivity contribution in [2.24, 2.45) is 0 Å². The second-order valence-corrected chi connectivity index (χ2v) is 24.6. The maximum atomic E-state index is 14.3. The molecule has 1 unspecified atom stereocenters. The van der Waals surface area contributed by atoms with E-state index in [4.69, 9.17) is 5.11 Å². The number of carboxylic acids is 1. The second kappa shape index (κ2) is 41.1. The topological polar surface area (TPSA) is 276 Å². The summed E-state index contributed by atoms with van der Waals surface area (Å²) in [4.78, 5) is 128. The number of alkyl halides is 4. The molecule has 101 heavy (non-hydrogen) atoms. The van der Waals surface area contributed by atoms with Crippen molar-refractivity contribution in [1.82, 2.24) is 19.8 Å². The van der Waals surface area contributed by atoms with Gasteiger partial charge in [-0.3, -0.25) is 19.2 Å². The standard InChI is InChI=1S/C16H18FN3O2S.C15H16FN3O2S.C10H8BrFO3.C10H9BrO3.C10H9FO3.C10H10O3/c1-19-7-9-20(10-8-19)16-18-13(14(17)23-16)11-3-5-12(6-4-11)15(21)22-2;1-18-6-8-19(9-7-18)15-17-12(13(16)22-15)10-2-4-11(5-3-10)14(20)21;1-15-10(14)7-4-2-6(3-5-7)8(13)9(11)12;2*1-14-10(13)8-4-2-7(3-5-8)9(12)6-11;1-7(11)8-3-5-9(6-4-8)10(12)13-2/h3-6H,7-10H2,1-2H3;2-5H,6-9H2,1H3,(H,20,21);2-5,9H,1H3;2*2-5H,6H2,1H3;3-6H,1-2H3. The maximum absolute atomic E-state index is 14.3. The first kappa shape index (κ1) is 82.0. The van der Waals surface area contributed by atoms with Crippen molar-refractivity contribution >= 4 is 124 Å². The summed E-state index contributed by atoms with van der Waals surface area (Å²) >= 11 is 7.71. The van der Waals surface area contributed by atoms with Gasteiger partial charge in [0.2, 0.25) is 21.1 Å². The average molecular weight is 1560 g/mol. The third-order valence-electron chi connectivity index (χ3n) is 14.7. The average Bonchev–Trinajstić information content (AvgIpc) is 1.68. The maximum Gasteiger partial charge on any atom is 0.337 e. The molecule has 22 nitrogen and oxygen atoms in total. The van der Waals surface area contributed by atoms with Crippen molar-refractivity contribution in [3.8, 4) is 22.5 Å². The van der Waals surface area contributed by atoms with Crippen LogP contribution >= 0.6 is 54.5 Å². The van der Waals surface area contributed by atoms with E-state index in [1.54, 1.807) is 84.9 Å². The van der Waals surface area contributed by atoms with Gasteiger partial charge in [0.25, 0.3) is 0 Å². The number of rotatable bonds is 17. The lowest BCUT2D eigenvalue weighted by atomic mass is 10.1. The van der Waals surface area contributed by atoms with E-state index in [0.29, 0.717) is 66.0 Å². The number of hydrogen-bond acceptors (Lipinski definition) is 23. The van der Waals surface area contributed by atoms with Crippen LogP contribution < -0.4 is 9.80 Å². The van der Waals surface area contributed by atoms with Crippen molar-refractivity contribution in [2.75, 3.05) is 124 Å². The van der Waals surface area contributed by atoms with Crippen LogP contribution in [0.3, 0.4) is 0 Å². The molecular formula is C71H70Br2F4N6O16S2. The van der Waals surface area contributed by atoms with Crippen LogP contribution in [-0.4, -0.2) is 203 Å². The van der Waals surface area contributed by atoms with Crippen LogP contribution in [-0.2, 0) is 23.7 Å². The number of halogens is 6. The number of aromatic carboxylic acids is 1. The van der Waals surface area contributed by atoms with Gasteiger partial charge < -0.3 is 48.4 Å². The van der Waals surface area contributed by atoms with Crippen LogP contribution in [0.15, 0.2) is 146 Å². The molecule has 2 fully saturated rings. The largest absolute Gasteiger partial charge is 0.478 e. The molecule has 0 bridgehead atoms. The molecule has 6 aromatic carbocycles. The Morgan fingerprint density at radius 2 is 0.713 bits per heavy atom. The van der Waals surface area contributed by atoms with E-state index in [1.807, 2.05) is 0 Å². The molecule has 0 radical (unpaired) electrons. The zero-order chi connectivity index (χ0) is 74.5. The SMILES string of the molecule is CN1CCN(c2nc(-c3ccc(C(=O)O)cc3)c(F)s2)CC1.COC(=O)c1ccc(-c2nc(N3CCN(C)CC3)sc2F)cc1.COC(=O)c1ccc(C(=O)C(F)Br)cc1.COC(=O)c1ccc(C(=O)CBr)cc1.COC(=O)c1ccc(C(=O)CF)cc1.COC(=O)c1ccc(C(C)=O)cc1. The number of methoxy groups -OCH3 is 5.